The van der Waals surface area contributed by atoms with E-state index in [1.807, 2.05) is 20.9 Å². The second-order valence-corrected chi connectivity index (χ2v) is 5.25. The molecule has 1 unspecified atom stereocenters. The Bertz CT molecular complexity index is 240. The molecule has 4 nitrogen and oxygen atoms in total. The molecule has 0 fully saturated rings. The molecule has 0 saturated heterocycles. The molecule has 0 rings (SSSR count). The predicted molar refractivity (Wildman–Crippen MR) is 68.3 cm³/mol. The number of hydrogen-bond donors (Lipinski definition) is 2. The van der Waals surface area contributed by atoms with Crippen LogP contribution in [0.3, 0.4) is 0 Å². The average Bonchev–Trinajstić information content (AvgIpc) is 2.17. The van der Waals surface area contributed by atoms with Gasteiger partial charge in [0.25, 0.3) is 0 Å². The third-order valence-corrected chi connectivity index (χ3v) is 3.56. The van der Waals surface area contributed by atoms with Crippen LogP contribution in [0.15, 0.2) is 0 Å². The summed E-state index contributed by atoms with van der Waals surface area (Å²) in [7, 11) is 2.03. The van der Waals surface area contributed by atoms with Gasteiger partial charge in [0, 0.05) is 12.1 Å². The van der Waals surface area contributed by atoms with Crippen LogP contribution in [0.2, 0.25) is 0 Å². The van der Waals surface area contributed by atoms with Crippen LogP contribution in [-0.2, 0) is 4.79 Å². The first-order valence-electron chi connectivity index (χ1n) is 5.95. The number of carbonyl (C=O) groups excluding carboxylic acids is 1. The summed E-state index contributed by atoms with van der Waals surface area (Å²) in [6.45, 7) is 11.7. The third kappa shape index (κ3) is 3.76. The van der Waals surface area contributed by atoms with Crippen molar-refractivity contribution < 1.29 is 4.79 Å². The maximum absolute atomic E-state index is 11.5. The van der Waals surface area contributed by atoms with E-state index in [-0.39, 0.29) is 11.4 Å². The van der Waals surface area contributed by atoms with Crippen molar-refractivity contribution in [3.8, 4) is 0 Å². The highest BCUT2D eigenvalue weighted by Gasteiger charge is 2.34. The molecule has 4 heteroatoms. The lowest BCUT2D eigenvalue weighted by Crippen LogP contribution is -2.61. The first-order chi connectivity index (χ1) is 7.19. The van der Waals surface area contributed by atoms with E-state index in [1.165, 1.54) is 0 Å². The number of rotatable bonds is 7. The first-order valence-corrected chi connectivity index (χ1v) is 5.95. The van der Waals surface area contributed by atoms with Crippen molar-refractivity contribution in [2.45, 2.75) is 52.1 Å². The number of amides is 1. The molecule has 96 valence electrons. The molecule has 0 heterocycles. The van der Waals surface area contributed by atoms with Gasteiger partial charge < -0.3 is 11.1 Å². The van der Waals surface area contributed by atoms with Crippen LogP contribution in [-0.4, -0.2) is 42.0 Å². The minimum absolute atomic E-state index is 0.0755. The Balaban J connectivity index is 4.71. The summed E-state index contributed by atoms with van der Waals surface area (Å²) in [6.07, 6.45) is 1.03. The minimum Gasteiger partial charge on any atom is -0.368 e. The van der Waals surface area contributed by atoms with Gasteiger partial charge in [-0.1, -0.05) is 13.8 Å². The van der Waals surface area contributed by atoms with Crippen LogP contribution in [0.25, 0.3) is 0 Å². The Morgan fingerprint density at radius 2 is 1.81 bits per heavy atom. The number of carbonyl (C=O) groups is 1. The van der Waals surface area contributed by atoms with Gasteiger partial charge in [0.1, 0.15) is 5.54 Å². The number of nitrogens with two attached hydrogens (primary N) is 1. The standard InChI is InChI=1S/C12H27N3O/c1-7-11(3,4)15(6)9-12(5,10(13)16)14-8-2/h14H,7-9H2,1-6H3,(H2,13,16). The van der Waals surface area contributed by atoms with Crippen molar-refractivity contribution >= 4 is 5.91 Å². The molecule has 0 aromatic carbocycles. The molecule has 0 saturated carbocycles. The molecule has 3 N–H and O–H groups in total. The van der Waals surface area contributed by atoms with Gasteiger partial charge in [0.05, 0.1) is 0 Å². The Kier molecular flexibility index (Phi) is 5.42. The molecule has 0 aromatic heterocycles. The Morgan fingerprint density at radius 3 is 2.12 bits per heavy atom. The van der Waals surface area contributed by atoms with Gasteiger partial charge in [0.2, 0.25) is 5.91 Å². The quantitative estimate of drug-likeness (QED) is 0.683. The highest BCUT2D eigenvalue weighted by Crippen LogP contribution is 2.19. The van der Waals surface area contributed by atoms with Crippen molar-refractivity contribution in [3.63, 3.8) is 0 Å². The van der Waals surface area contributed by atoms with E-state index in [2.05, 4.69) is 31.0 Å². The van der Waals surface area contributed by atoms with E-state index >= 15 is 0 Å². The van der Waals surface area contributed by atoms with Crippen molar-refractivity contribution in [1.29, 1.82) is 0 Å². The van der Waals surface area contributed by atoms with E-state index in [0.717, 1.165) is 13.0 Å². The first kappa shape index (κ1) is 15.4. The van der Waals surface area contributed by atoms with E-state index in [9.17, 15) is 4.79 Å². The number of hydrogen-bond acceptors (Lipinski definition) is 3. The zero-order chi connectivity index (χ0) is 13.0. The fourth-order valence-electron chi connectivity index (χ4n) is 1.57. The summed E-state index contributed by atoms with van der Waals surface area (Å²) in [5.74, 6) is -0.298. The summed E-state index contributed by atoms with van der Waals surface area (Å²) in [5.41, 5.74) is 4.88. The second kappa shape index (κ2) is 5.64. The monoisotopic (exact) mass is 229 g/mol. The van der Waals surface area contributed by atoms with Crippen molar-refractivity contribution in [2.75, 3.05) is 20.1 Å². The maximum atomic E-state index is 11.5. The van der Waals surface area contributed by atoms with E-state index < -0.39 is 5.54 Å². The van der Waals surface area contributed by atoms with E-state index in [1.54, 1.807) is 0 Å². The molecule has 0 aliphatic heterocycles. The van der Waals surface area contributed by atoms with Crippen LogP contribution in [0.5, 0.6) is 0 Å². The van der Waals surface area contributed by atoms with Gasteiger partial charge in [-0.25, -0.2) is 0 Å². The van der Waals surface area contributed by atoms with E-state index in [4.69, 9.17) is 5.73 Å². The number of likely N-dealkylation sites (N-methyl/N-ethyl adjacent to an activating group) is 2. The molecule has 0 bridgehead atoms. The third-order valence-electron chi connectivity index (χ3n) is 3.56. The van der Waals surface area contributed by atoms with Gasteiger partial charge in [-0.05, 0) is 40.8 Å². The largest absolute Gasteiger partial charge is 0.368 e. The van der Waals surface area contributed by atoms with Crippen LogP contribution >= 0.6 is 0 Å². The lowest BCUT2D eigenvalue weighted by molar-refractivity contribution is -0.125. The predicted octanol–water partition coefficient (Wildman–Crippen LogP) is 0.960. The summed E-state index contributed by atoms with van der Waals surface area (Å²) in [5, 5.41) is 3.17. The smallest absolute Gasteiger partial charge is 0.238 e. The SMILES string of the molecule is CCNC(C)(CN(C)C(C)(C)CC)C(N)=O. The van der Waals surface area contributed by atoms with Crippen molar-refractivity contribution in [1.82, 2.24) is 10.2 Å². The molecular formula is C12H27N3O. The van der Waals surface area contributed by atoms with Gasteiger partial charge in [0.15, 0.2) is 0 Å². The molecule has 1 atom stereocenters. The molecule has 16 heavy (non-hydrogen) atoms. The summed E-state index contributed by atoms with van der Waals surface area (Å²) in [6, 6.07) is 0. The Labute approximate surface area is 99.6 Å². The normalized spacial score (nSPS) is 16.2. The fourth-order valence-corrected chi connectivity index (χ4v) is 1.57. The van der Waals surface area contributed by atoms with Gasteiger partial charge >= 0.3 is 0 Å². The zero-order valence-electron chi connectivity index (χ0n) is 11.6. The van der Waals surface area contributed by atoms with Crippen LogP contribution in [0.4, 0.5) is 0 Å². The Morgan fingerprint density at radius 1 is 1.31 bits per heavy atom. The maximum Gasteiger partial charge on any atom is 0.238 e. The lowest BCUT2D eigenvalue weighted by Gasteiger charge is -2.40. The molecule has 0 aromatic rings. The molecule has 0 radical (unpaired) electrons. The molecule has 0 spiro atoms. The topological polar surface area (TPSA) is 58.4 Å². The van der Waals surface area contributed by atoms with Crippen LogP contribution in [0, 0.1) is 0 Å². The van der Waals surface area contributed by atoms with Gasteiger partial charge in [-0.3, -0.25) is 9.69 Å². The molecular weight excluding hydrogens is 202 g/mol. The second-order valence-electron chi connectivity index (χ2n) is 5.25. The van der Waals surface area contributed by atoms with E-state index in [0.29, 0.717) is 6.54 Å². The Hall–Kier alpha value is -0.610. The number of primary amides is 1. The highest BCUT2D eigenvalue weighted by atomic mass is 16.1. The minimum atomic E-state index is -0.657. The molecule has 0 aliphatic carbocycles. The lowest BCUT2D eigenvalue weighted by atomic mass is 9.94. The summed E-state index contributed by atoms with van der Waals surface area (Å²) < 4.78 is 0. The summed E-state index contributed by atoms with van der Waals surface area (Å²) in [4.78, 5) is 13.7. The average molecular weight is 229 g/mol. The molecule has 1 amide bonds. The zero-order valence-corrected chi connectivity index (χ0v) is 11.6. The van der Waals surface area contributed by atoms with Crippen molar-refractivity contribution in [3.05, 3.63) is 0 Å². The van der Waals surface area contributed by atoms with Crippen molar-refractivity contribution in [2.24, 2.45) is 5.73 Å². The van der Waals surface area contributed by atoms with Gasteiger partial charge in [-0.15, -0.1) is 0 Å². The fraction of sp³-hybridized carbons (Fsp3) is 0.917. The summed E-state index contributed by atoms with van der Waals surface area (Å²) >= 11 is 0. The number of nitrogens with one attached hydrogen (secondary N) is 1. The molecule has 0 aliphatic rings. The van der Waals surface area contributed by atoms with Crippen LogP contribution < -0.4 is 11.1 Å². The van der Waals surface area contributed by atoms with Crippen LogP contribution in [0.1, 0.15) is 41.0 Å². The van der Waals surface area contributed by atoms with Gasteiger partial charge in [-0.2, -0.15) is 0 Å². The number of nitrogens with zero attached hydrogens (tertiary/aromatic N) is 1. The highest BCUT2D eigenvalue weighted by molar-refractivity contribution is 5.84.